The third-order valence-electron chi connectivity index (χ3n) is 5.94. The number of carbonyl (C=O) groups is 2. The summed E-state index contributed by atoms with van der Waals surface area (Å²) in [5.74, 6) is -2.98. The van der Waals surface area contributed by atoms with Crippen LogP contribution in [0.15, 0.2) is 40.7 Å². The van der Waals surface area contributed by atoms with E-state index in [2.05, 4.69) is 20.3 Å². The Morgan fingerprint density at radius 3 is 2.32 bits per heavy atom. The first-order valence-electron chi connectivity index (χ1n) is 11.8. The van der Waals surface area contributed by atoms with E-state index in [0.29, 0.717) is 5.69 Å². The number of benzene rings is 1. The molecule has 15 heteroatoms. The molecule has 13 nitrogen and oxygen atoms in total. The average molecular weight is 569 g/mol. The molecule has 5 atom stereocenters. The number of sulfonamides is 1. The molecule has 0 spiro atoms. The van der Waals surface area contributed by atoms with Crippen molar-refractivity contribution in [2.45, 2.75) is 74.9 Å². The van der Waals surface area contributed by atoms with E-state index >= 15 is 0 Å². The summed E-state index contributed by atoms with van der Waals surface area (Å²) in [7, 11) is -3.82. The SMILES string of the molecule is CC1(C)O[C@H]2[C@@H](O1)[C@@H](C(=O)NCC(=O)Nc1ccc(S(=O)(=O)Nc3nccs3)cc1)O[C@@H]1OC(C)(C)O[C@@H]12. The Bertz CT molecular complexity index is 1300. The summed E-state index contributed by atoms with van der Waals surface area (Å²) in [5, 5.41) is 7.06. The van der Waals surface area contributed by atoms with E-state index in [1.807, 2.05) is 0 Å². The van der Waals surface area contributed by atoms with Crippen molar-refractivity contribution < 1.29 is 41.7 Å². The minimum atomic E-state index is -3.82. The van der Waals surface area contributed by atoms with Gasteiger partial charge in [0.2, 0.25) is 5.91 Å². The quantitative estimate of drug-likeness (QED) is 0.445. The second-order valence-electron chi connectivity index (χ2n) is 9.82. The molecule has 0 bridgehead atoms. The molecule has 206 valence electrons. The summed E-state index contributed by atoms with van der Waals surface area (Å²) in [6.45, 7) is 6.58. The van der Waals surface area contributed by atoms with E-state index in [4.69, 9.17) is 23.7 Å². The van der Waals surface area contributed by atoms with Crippen molar-refractivity contribution in [3.05, 3.63) is 35.8 Å². The Hall–Kier alpha value is -2.66. The van der Waals surface area contributed by atoms with Crippen molar-refractivity contribution in [1.29, 1.82) is 0 Å². The number of nitrogens with one attached hydrogen (secondary N) is 3. The second-order valence-corrected chi connectivity index (χ2v) is 12.4. The van der Waals surface area contributed by atoms with Crippen LogP contribution in [0, 0.1) is 0 Å². The number of ether oxygens (including phenoxy) is 5. The number of anilines is 2. The summed E-state index contributed by atoms with van der Waals surface area (Å²) in [6.07, 6.45) is -2.39. The smallest absolute Gasteiger partial charge is 0.263 e. The highest BCUT2D eigenvalue weighted by molar-refractivity contribution is 7.93. The van der Waals surface area contributed by atoms with Gasteiger partial charge < -0.3 is 34.3 Å². The maximum absolute atomic E-state index is 13.0. The van der Waals surface area contributed by atoms with Gasteiger partial charge in [0, 0.05) is 17.3 Å². The lowest BCUT2D eigenvalue weighted by molar-refractivity contribution is -0.231. The zero-order valence-electron chi connectivity index (χ0n) is 21.0. The number of hydrogen-bond donors (Lipinski definition) is 3. The third-order valence-corrected chi connectivity index (χ3v) is 8.11. The van der Waals surface area contributed by atoms with Crippen LogP contribution in [0.25, 0.3) is 0 Å². The maximum atomic E-state index is 13.0. The zero-order chi connectivity index (χ0) is 27.3. The van der Waals surface area contributed by atoms with Crippen LogP contribution in [0.1, 0.15) is 27.7 Å². The van der Waals surface area contributed by atoms with Crippen molar-refractivity contribution in [1.82, 2.24) is 10.3 Å². The van der Waals surface area contributed by atoms with Crippen molar-refractivity contribution in [3.63, 3.8) is 0 Å². The predicted molar refractivity (Wildman–Crippen MR) is 134 cm³/mol. The molecular formula is C23H28N4O9S2. The van der Waals surface area contributed by atoms with Crippen molar-refractivity contribution in [2.24, 2.45) is 0 Å². The Morgan fingerprint density at radius 2 is 1.63 bits per heavy atom. The highest BCUT2D eigenvalue weighted by Crippen LogP contribution is 2.44. The summed E-state index contributed by atoms with van der Waals surface area (Å²) >= 11 is 1.15. The number of thiazole rings is 1. The van der Waals surface area contributed by atoms with Crippen LogP contribution in [0.3, 0.4) is 0 Å². The van der Waals surface area contributed by atoms with E-state index in [0.717, 1.165) is 11.3 Å². The molecule has 2 amide bonds. The molecule has 3 fully saturated rings. The van der Waals surface area contributed by atoms with Crippen molar-refractivity contribution in [2.75, 3.05) is 16.6 Å². The summed E-state index contributed by atoms with van der Waals surface area (Å²) in [5.41, 5.74) is 0.349. The first-order valence-corrected chi connectivity index (χ1v) is 14.1. The Labute approximate surface area is 223 Å². The van der Waals surface area contributed by atoms with Crippen LogP contribution in [0.2, 0.25) is 0 Å². The fraction of sp³-hybridized carbons (Fsp3) is 0.522. The second kappa shape index (κ2) is 9.82. The van der Waals surface area contributed by atoms with Gasteiger partial charge in [-0.05, 0) is 52.0 Å². The molecule has 0 aliphatic carbocycles. The van der Waals surface area contributed by atoms with Gasteiger partial charge in [0.15, 0.2) is 29.1 Å². The monoisotopic (exact) mass is 568 g/mol. The number of rotatable bonds is 7. The van der Waals surface area contributed by atoms with Crippen LogP contribution in [-0.4, -0.2) is 74.0 Å². The minimum absolute atomic E-state index is 0.00398. The fourth-order valence-electron chi connectivity index (χ4n) is 4.46. The van der Waals surface area contributed by atoms with Crippen LogP contribution >= 0.6 is 11.3 Å². The number of aromatic nitrogens is 1. The van der Waals surface area contributed by atoms with Crippen LogP contribution < -0.4 is 15.4 Å². The number of nitrogens with zero attached hydrogens (tertiary/aromatic N) is 1. The third kappa shape index (κ3) is 5.68. The molecule has 1 aromatic carbocycles. The molecular weight excluding hydrogens is 540 g/mol. The van der Waals surface area contributed by atoms with Crippen LogP contribution in [0.5, 0.6) is 0 Å². The molecule has 3 aliphatic heterocycles. The maximum Gasteiger partial charge on any atom is 0.263 e. The largest absolute Gasteiger partial charge is 0.345 e. The van der Waals surface area contributed by atoms with Gasteiger partial charge in [0.05, 0.1) is 11.4 Å². The number of amides is 2. The molecule has 4 heterocycles. The topological polar surface area (TPSA) is 163 Å². The van der Waals surface area contributed by atoms with E-state index in [1.165, 1.54) is 30.5 Å². The zero-order valence-corrected chi connectivity index (χ0v) is 22.6. The standard InChI is InChI=1S/C23H28N4O9S2/c1-22(2)33-15-16(34-22)18-20(36-23(3,4)35-18)32-17(15)19(29)25-11-14(28)26-12-5-7-13(8-6-12)38(30,31)27-21-24-9-10-37-21/h5-10,15-18,20H,11H2,1-4H3,(H,24,27)(H,25,29)(H,26,28)/t15-,16+,17+,18-,20-/m1/s1. The molecule has 0 radical (unpaired) electrons. The first-order chi connectivity index (χ1) is 17.8. The number of hydrogen-bond acceptors (Lipinski definition) is 11. The van der Waals surface area contributed by atoms with Gasteiger partial charge in [0.1, 0.15) is 18.3 Å². The van der Waals surface area contributed by atoms with Crippen LogP contribution in [-0.2, 0) is 43.3 Å². The lowest BCUT2D eigenvalue weighted by Gasteiger charge is -2.36. The van der Waals surface area contributed by atoms with Crippen LogP contribution in [0.4, 0.5) is 10.8 Å². The van der Waals surface area contributed by atoms with E-state index in [9.17, 15) is 18.0 Å². The molecule has 1 aromatic heterocycles. The van der Waals surface area contributed by atoms with Crippen molar-refractivity contribution >= 4 is 44.0 Å². The normalized spacial score (nSPS) is 29.2. The molecule has 0 unspecified atom stereocenters. The lowest BCUT2D eigenvalue weighted by Crippen LogP contribution is -2.59. The van der Waals surface area contributed by atoms with Gasteiger partial charge in [-0.25, -0.2) is 13.4 Å². The van der Waals surface area contributed by atoms with Gasteiger partial charge >= 0.3 is 0 Å². The molecule has 0 saturated carbocycles. The molecule has 2 aromatic rings. The van der Waals surface area contributed by atoms with Gasteiger partial charge in [-0.2, -0.15) is 0 Å². The molecule has 5 rings (SSSR count). The van der Waals surface area contributed by atoms with Gasteiger partial charge in [0.25, 0.3) is 15.9 Å². The van der Waals surface area contributed by atoms with Crippen molar-refractivity contribution in [3.8, 4) is 0 Å². The summed E-state index contributed by atoms with van der Waals surface area (Å²) in [4.78, 5) is 29.4. The summed E-state index contributed by atoms with van der Waals surface area (Å²) < 4.78 is 56.8. The number of fused-ring (bicyclic) bond motifs is 3. The predicted octanol–water partition coefficient (Wildman–Crippen LogP) is 1.40. The van der Waals surface area contributed by atoms with Gasteiger partial charge in [-0.15, -0.1) is 11.3 Å². The first kappa shape index (κ1) is 26.9. The van der Waals surface area contributed by atoms with E-state index < -0.39 is 64.1 Å². The fourth-order valence-corrected chi connectivity index (χ4v) is 6.25. The highest BCUT2D eigenvalue weighted by Gasteiger charge is 2.62. The van der Waals surface area contributed by atoms with Gasteiger partial charge in [-0.3, -0.25) is 14.3 Å². The van der Waals surface area contributed by atoms with Gasteiger partial charge in [-0.1, -0.05) is 0 Å². The minimum Gasteiger partial charge on any atom is -0.345 e. The highest BCUT2D eigenvalue weighted by atomic mass is 32.2. The molecule has 38 heavy (non-hydrogen) atoms. The molecule has 3 aliphatic rings. The lowest BCUT2D eigenvalue weighted by atomic mass is 9.98. The molecule has 3 saturated heterocycles. The summed E-state index contributed by atoms with van der Waals surface area (Å²) in [6, 6.07) is 5.58. The Balaban J connectivity index is 1.17. The number of carbonyl (C=O) groups excluding carboxylic acids is 2. The average Bonchev–Trinajstić information content (AvgIpc) is 3.52. The Morgan fingerprint density at radius 1 is 0.974 bits per heavy atom. The molecule has 3 N–H and O–H groups in total. The van der Waals surface area contributed by atoms with E-state index in [-0.39, 0.29) is 16.6 Å². The van der Waals surface area contributed by atoms with E-state index in [1.54, 1.807) is 33.1 Å². The Kier molecular flexibility index (Phi) is 6.96.